The van der Waals surface area contributed by atoms with Gasteiger partial charge in [-0.15, -0.1) is 0 Å². The summed E-state index contributed by atoms with van der Waals surface area (Å²) in [7, 11) is 0. The van der Waals surface area contributed by atoms with Crippen molar-refractivity contribution in [1.82, 2.24) is 19.8 Å². The lowest BCUT2D eigenvalue weighted by molar-refractivity contribution is 0.0987. The normalized spacial score (nSPS) is 10.8. The molecule has 0 aliphatic rings. The Labute approximate surface area is 130 Å². The zero-order valence-corrected chi connectivity index (χ0v) is 11.9. The van der Waals surface area contributed by atoms with Crippen LogP contribution in [-0.2, 0) is 0 Å². The van der Waals surface area contributed by atoms with Gasteiger partial charge in [0.05, 0.1) is 18.1 Å². The molecule has 0 atom stereocenters. The third-order valence-electron chi connectivity index (χ3n) is 3.29. The lowest BCUT2D eigenvalue weighted by Crippen LogP contribution is -2.10. The number of rotatable bonds is 3. The van der Waals surface area contributed by atoms with Gasteiger partial charge in [0.1, 0.15) is 0 Å². The number of nitrogens with one attached hydrogen (secondary N) is 1. The molecule has 4 rings (SSSR count). The fourth-order valence-electron chi connectivity index (χ4n) is 2.22. The summed E-state index contributed by atoms with van der Waals surface area (Å²) in [5, 5.41) is 10.7. The van der Waals surface area contributed by atoms with Crippen LogP contribution in [0.4, 0.5) is 5.82 Å². The minimum atomic E-state index is -0.408. The van der Waals surface area contributed by atoms with E-state index in [0.29, 0.717) is 11.5 Å². The molecule has 7 heteroatoms. The highest BCUT2D eigenvalue weighted by Gasteiger charge is 2.12. The summed E-state index contributed by atoms with van der Waals surface area (Å²) in [5.74, 6) is 0.110. The average molecular weight is 305 g/mol. The Kier molecular flexibility index (Phi) is 3.09. The van der Waals surface area contributed by atoms with Crippen molar-refractivity contribution in [3.63, 3.8) is 0 Å². The summed E-state index contributed by atoms with van der Waals surface area (Å²) in [6.45, 7) is 0. The molecule has 1 aromatic carbocycles. The van der Waals surface area contributed by atoms with E-state index in [9.17, 15) is 4.79 Å². The van der Waals surface area contributed by atoms with Gasteiger partial charge in [-0.25, -0.2) is 9.50 Å². The van der Waals surface area contributed by atoms with Gasteiger partial charge < -0.3 is 9.84 Å². The first-order chi connectivity index (χ1) is 11.3. The Bertz CT molecular complexity index is 961. The quantitative estimate of drug-likeness (QED) is 0.629. The van der Waals surface area contributed by atoms with E-state index in [1.807, 2.05) is 42.5 Å². The fraction of sp³-hybridized carbons (Fsp3) is 0. The number of fused-ring (bicyclic) bond motifs is 1. The molecule has 0 unspecified atom stereocenters. The average Bonchev–Trinajstić information content (AvgIpc) is 3.24. The topological polar surface area (TPSA) is 85.3 Å². The van der Waals surface area contributed by atoms with E-state index in [4.69, 9.17) is 4.52 Å². The second kappa shape index (κ2) is 5.38. The molecule has 7 nitrogen and oxygen atoms in total. The maximum atomic E-state index is 11.9. The van der Waals surface area contributed by atoms with Crippen LogP contribution < -0.4 is 5.32 Å². The maximum absolute atomic E-state index is 11.9. The van der Waals surface area contributed by atoms with Gasteiger partial charge >= 0.3 is 0 Å². The van der Waals surface area contributed by atoms with Crippen molar-refractivity contribution in [3.8, 4) is 11.3 Å². The number of imidazole rings is 1. The summed E-state index contributed by atoms with van der Waals surface area (Å²) in [6.07, 6.45) is 3.06. The first-order valence-electron chi connectivity index (χ1n) is 6.93. The van der Waals surface area contributed by atoms with Crippen LogP contribution >= 0.6 is 0 Å². The van der Waals surface area contributed by atoms with Crippen LogP contribution in [0.5, 0.6) is 0 Å². The number of aromatic nitrogens is 4. The van der Waals surface area contributed by atoms with Crippen molar-refractivity contribution < 1.29 is 9.32 Å². The SMILES string of the molecule is O=C(Nc1cn2nc(-c3ccccc3)ccc2n1)c1ccno1. The summed E-state index contributed by atoms with van der Waals surface area (Å²) in [4.78, 5) is 16.2. The molecular weight excluding hydrogens is 294 g/mol. The number of nitrogens with zero attached hydrogens (tertiary/aromatic N) is 4. The Morgan fingerprint density at radius 1 is 1.09 bits per heavy atom. The van der Waals surface area contributed by atoms with E-state index >= 15 is 0 Å². The van der Waals surface area contributed by atoms with Gasteiger partial charge in [-0.1, -0.05) is 35.5 Å². The fourth-order valence-corrected chi connectivity index (χ4v) is 2.22. The number of anilines is 1. The van der Waals surface area contributed by atoms with Gasteiger partial charge in [-0.2, -0.15) is 5.10 Å². The number of carbonyl (C=O) groups is 1. The molecule has 23 heavy (non-hydrogen) atoms. The van der Waals surface area contributed by atoms with E-state index in [0.717, 1.165) is 11.3 Å². The van der Waals surface area contributed by atoms with E-state index in [1.54, 1.807) is 10.7 Å². The second-order valence-electron chi connectivity index (χ2n) is 4.84. The molecule has 0 radical (unpaired) electrons. The summed E-state index contributed by atoms with van der Waals surface area (Å²) < 4.78 is 6.43. The first kappa shape index (κ1) is 13.2. The molecule has 0 fully saturated rings. The molecule has 0 bridgehead atoms. The molecular formula is C16H11N5O2. The molecule has 1 N–H and O–H groups in total. The highest BCUT2D eigenvalue weighted by atomic mass is 16.5. The Morgan fingerprint density at radius 2 is 1.96 bits per heavy atom. The van der Waals surface area contributed by atoms with Crippen LogP contribution in [0, 0.1) is 0 Å². The van der Waals surface area contributed by atoms with Gasteiger partial charge in [-0.3, -0.25) is 4.79 Å². The number of carbonyl (C=O) groups excluding carboxylic acids is 1. The zero-order chi connectivity index (χ0) is 15.6. The van der Waals surface area contributed by atoms with E-state index in [1.165, 1.54) is 12.3 Å². The summed E-state index contributed by atoms with van der Waals surface area (Å²) >= 11 is 0. The standard InChI is InChI=1S/C16H11N5O2/c22-16(13-8-9-17-23-13)19-14-10-21-15(18-14)7-6-12(20-21)11-4-2-1-3-5-11/h1-10H,(H,19,22). The highest BCUT2D eigenvalue weighted by molar-refractivity contribution is 6.01. The largest absolute Gasteiger partial charge is 0.351 e. The number of hydrogen-bond acceptors (Lipinski definition) is 5. The molecule has 0 aliphatic heterocycles. The number of amides is 1. The molecule has 4 aromatic rings. The van der Waals surface area contributed by atoms with Crippen LogP contribution in [0.3, 0.4) is 0 Å². The van der Waals surface area contributed by atoms with Crippen molar-refractivity contribution in [1.29, 1.82) is 0 Å². The van der Waals surface area contributed by atoms with E-state index < -0.39 is 5.91 Å². The zero-order valence-electron chi connectivity index (χ0n) is 11.9. The summed E-state index contributed by atoms with van der Waals surface area (Å²) in [6, 6.07) is 15.1. The minimum absolute atomic E-state index is 0.125. The van der Waals surface area contributed by atoms with Gasteiger partial charge in [-0.05, 0) is 12.1 Å². The van der Waals surface area contributed by atoms with Crippen molar-refractivity contribution >= 4 is 17.4 Å². The molecule has 0 spiro atoms. The monoisotopic (exact) mass is 305 g/mol. The van der Waals surface area contributed by atoms with Crippen LogP contribution in [0.2, 0.25) is 0 Å². The lowest BCUT2D eigenvalue weighted by Gasteiger charge is -2.00. The predicted molar refractivity (Wildman–Crippen MR) is 82.9 cm³/mol. The van der Waals surface area contributed by atoms with Crippen LogP contribution in [0.15, 0.2) is 65.4 Å². The second-order valence-corrected chi connectivity index (χ2v) is 4.84. The molecule has 0 saturated carbocycles. The van der Waals surface area contributed by atoms with Gasteiger partial charge in [0.25, 0.3) is 5.91 Å². The van der Waals surface area contributed by atoms with Crippen molar-refractivity contribution in [2.45, 2.75) is 0 Å². The summed E-state index contributed by atoms with van der Waals surface area (Å²) in [5.41, 5.74) is 2.47. The smallest absolute Gasteiger partial charge is 0.295 e. The number of hydrogen-bond donors (Lipinski definition) is 1. The Morgan fingerprint density at radius 3 is 2.74 bits per heavy atom. The van der Waals surface area contributed by atoms with Crippen molar-refractivity contribution in [2.24, 2.45) is 0 Å². The molecule has 0 saturated heterocycles. The highest BCUT2D eigenvalue weighted by Crippen LogP contribution is 2.18. The van der Waals surface area contributed by atoms with Crippen molar-refractivity contribution in [3.05, 3.63) is 66.7 Å². The molecule has 3 heterocycles. The Hall–Kier alpha value is -3.48. The third kappa shape index (κ3) is 2.55. The maximum Gasteiger partial charge on any atom is 0.295 e. The Balaban J connectivity index is 1.64. The predicted octanol–water partition coefficient (Wildman–Crippen LogP) is 2.64. The van der Waals surface area contributed by atoms with Gasteiger partial charge in [0, 0.05) is 11.6 Å². The lowest BCUT2D eigenvalue weighted by atomic mass is 10.1. The number of benzene rings is 1. The van der Waals surface area contributed by atoms with E-state index in [2.05, 4.69) is 20.6 Å². The third-order valence-corrected chi connectivity index (χ3v) is 3.29. The first-order valence-corrected chi connectivity index (χ1v) is 6.93. The van der Waals surface area contributed by atoms with Gasteiger partial charge in [0.2, 0.25) is 5.76 Å². The molecule has 112 valence electrons. The van der Waals surface area contributed by atoms with Crippen LogP contribution in [-0.4, -0.2) is 25.7 Å². The molecule has 0 aliphatic carbocycles. The van der Waals surface area contributed by atoms with Crippen LogP contribution in [0.25, 0.3) is 16.9 Å². The minimum Gasteiger partial charge on any atom is -0.351 e. The van der Waals surface area contributed by atoms with Crippen LogP contribution in [0.1, 0.15) is 10.6 Å². The molecule has 1 amide bonds. The molecule has 3 aromatic heterocycles. The van der Waals surface area contributed by atoms with E-state index in [-0.39, 0.29) is 5.76 Å². The van der Waals surface area contributed by atoms with Gasteiger partial charge in [0.15, 0.2) is 11.5 Å². The van der Waals surface area contributed by atoms with Crippen molar-refractivity contribution in [2.75, 3.05) is 5.32 Å².